The van der Waals surface area contributed by atoms with Gasteiger partial charge in [0.05, 0.1) is 32.9 Å². The first-order valence-electron chi connectivity index (χ1n) is 10.2. The maximum atomic E-state index is 3.84. The van der Waals surface area contributed by atoms with Crippen molar-refractivity contribution in [3.63, 3.8) is 0 Å². The van der Waals surface area contributed by atoms with Crippen molar-refractivity contribution in [1.29, 1.82) is 0 Å². The molecule has 1 rings (SSSR count). The van der Waals surface area contributed by atoms with Gasteiger partial charge in [0.25, 0.3) is 0 Å². The maximum absolute atomic E-state index is 3.84. The first kappa shape index (κ1) is 30.9. The van der Waals surface area contributed by atoms with Crippen molar-refractivity contribution < 1.29 is 25.9 Å². The molecule has 0 aliphatic carbocycles. The third-order valence-electron chi connectivity index (χ3n) is 5.27. The predicted molar refractivity (Wildman–Crippen MR) is 133 cm³/mol. The summed E-state index contributed by atoms with van der Waals surface area (Å²) in [6.45, 7) is 29.1. The van der Waals surface area contributed by atoms with Crippen LogP contribution in [0, 0.1) is 6.07 Å². The molecule has 0 saturated heterocycles. The summed E-state index contributed by atoms with van der Waals surface area (Å²) in [7, 11) is -1.10. The molecule has 0 aliphatic rings. The Hall–Kier alpha value is 0.702. The number of hydrogen-bond donors (Lipinski definition) is 0. The van der Waals surface area contributed by atoms with Gasteiger partial charge in [0, 0.05) is 15.8 Å². The molecule has 0 fully saturated rings. The van der Waals surface area contributed by atoms with E-state index in [2.05, 4.69) is 107 Å². The van der Waals surface area contributed by atoms with Gasteiger partial charge < -0.3 is 5.48 Å². The molecule has 166 valence electrons. The van der Waals surface area contributed by atoms with Crippen molar-refractivity contribution in [2.75, 3.05) is 0 Å². The van der Waals surface area contributed by atoms with Gasteiger partial charge >= 0.3 is 20.4 Å². The van der Waals surface area contributed by atoms with Gasteiger partial charge in [-0.15, -0.1) is 11.1 Å². The summed E-state index contributed by atoms with van der Waals surface area (Å²) in [5.41, 5.74) is 2.87. The number of rotatable bonds is 4. The first-order valence-corrected chi connectivity index (χ1v) is 13.6. The molecule has 0 atom stereocenters. The quantitative estimate of drug-likeness (QED) is 0.174. The Morgan fingerprint density at radius 2 is 0.857 bits per heavy atom. The molecule has 0 spiro atoms. The fourth-order valence-corrected chi connectivity index (χ4v) is 12.3. The molecule has 1 nitrogen and oxygen atoms in total. The zero-order valence-electron chi connectivity index (χ0n) is 20.5. The summed E-state index contributed by atoms with van der Waals surface area (Å²) in [6, 6.07) is 10.7. The Morgan fingerprint density at radius 1 is 0.607 bits per heavy atom. The molecule has 4 heteroatoms. The van der Waals surface area contributed by atoms with Crippen LogP contribution in [0.2, 0.25) is 0 Å². The van der Waals surface area contributed by atoms with Crippen LogP contribution >= 0.6 is 15.8 Å². The van der Waals surface area contributed by atoms with Crippen LogP contribution in [0.1, 0.15) is 94.2 Å². The molecule has 0 bridgehead atoms. The molecule has 28 heavy (non-hydrogen) atoms. The second-order valence-electron chi connectivity index (χ2n) is 12.0. The zero-order chi connectivity index (χ0) is 20.6. The van der Waals surface area contributed by atoms with Crippen molar-refractivity contribution in [3.05, 3.63) is 35.4 Å². The van der Waals surface area contributed by atoms with Gasteiger partial charge in [0.15, 0.2) is 0 Å². The van der Waals surface area contributed by atoms with E-state index in [4.69, 9.17) is 0 Å². The van der Waals surface area contributed by atoms with E-state index in [0.717, 1.165) is 0 Å². The smallest absolute Gasteiger partial charge is 0.457 e. The predicted octanol–water partition coefficient (Wildman–Crippen LogP) is 7.18. The summed E-state index contributed by atoms with van der Waals surface area (Å²) in [6.07, 6.45) is 2.44. The molecule has 0 heterocycles. The van der Waals surface area contributed by atoms with Gasteiger partial charge in [-0.05, 0) is 83.1 Å². The Bertz CT molecular complexity index is 509. The third kappa shape index (κ3) is 9.67. The van der Waals surface area contributed by atoms with Crippen LogP contribution in [0.4, 0.5) is 0 Å². The summed E-state index contributed by atoms with van der Waals surface area (Å²) in [4.78, 5) is 0. The van der Waals surface area contributed by atoms with E-state index in [1.807, 2.05) is 0 Å². The minimum absolute atomic E-state index is 0. The SMILES string of the molecule is CC(C)(C)[PH+](Cc1[c-]c(C[PH+](C(C)(C)C)C(C)(C)C)ccc1)C(C)(C)C.[OH3+].[Pd+2]. The minimum atomic E-state index is -0.552. The van der Waals surface area contributed by atoms with Gasteiger partial charge in [-0.3, -0.25) is 0 Å². The topological polar surface area (TPSA) is 33.0 Å². The van der Waals surface area contributed by atoms with Crippen LogP contribution in [-0.2, 0) is 38.2 Å². The van der Waals surface area contributed by atoms with E-state index >= 15 is 0 Å². The molecule has 0 radical (unpaired) electrons. The van der Waals surface area contributed by atoms with Crippen LogP contribution in [0.5, 0.6) is 0 Å². The standard InChI is InChI=1S/C24H43P2.H2O.Pd/c1-21(2,3)25(22(4,5)6)17-19-14-13-15-20(16-19)18-26(23(7,8)9)24(10,11)12;;/h13-15H,17-18H2,1-12H3;1H2;/q-1;;+2/p+3. The number of hydrogen-bond acceptors (Lipinski definition) is 0. The van der Waals surface area contributed by atoms with Crippen molar-refractivity contribution in [2.45, 2.75) is 116 Å². The second kappa shape index (κ2) is 10.8. The van der Waals surface area contributed by atoms with E-state index in [9.17, 15) is 0 Å². The van der Waals surface area contributed by atoms with E-state index in [0.29, 0.717) is 20.6 Å². The Morgan fingerprint density at radius 3 is 1.07 bits per heavy atom. The number of benzene rings is 1. The van der Waals surface area contributed by atoms with E-state index in [1.165, 1.54) is 23.5 Å². The Labute approximate surface area is 192 Å². The summed E-state index contributed by atoms with van der Waals surface area (Å²) >= 11 is 0. The summed E-state index contributed by atoms with van der Waals surface area (Å²) < 4.78 is 0. The van der Waals surface area contributed by atoms with Crippen molar-refractivity contribution in [1.82, 2.24) is 0 Å². The van der Waals surface area contributed by atoms with E-state index in [1.54, 1.807) is 0 Å². The van der Waals surface area contributed by atoms with E-state index < -0.39 is 15.8 Å². The van der Waals surface area contributed by atoms with Crippen LogP contribution in [0.25, 0.3) is 0 Å². The normalized spacial score (nSPS) is 13.4. The average molecular weight is 521 g/mol. The maximum Gasteiger partial charge on any atom is 2.00 e. The molecule has 0 saturated carbocycles. The van der Waals surface area contributed by atoms with Crippen molar-refractivity contribution in [2.24, 2.45) is 0 Å². The molecular formula is C24H48OP2Pd+4. The molecule has 3 N–H and O–H groups in total. The molecule has 0 aliphatic heterocycles. The van der Waals surface area contributed by atoms with Gasteiger partial charge in [-0.25, -0.2) is 0 Å². The monoisotopic (exact) mass is 520 g/mol. The molecular weight excluding hydrogens is 473 g/mol. The van der Waals surface area contributed by atoms with Crippen LogP contribution in [0.15, 0.2) is 18.2 Å². The molecule has 0 amide bonds. The molecule has 0 unspecified atom stereocenters. The average Bonchev–Trinajstić information content (AvgIpc) is 2.37. The van der Waals surface area contributed by atoms with Gasteiger partial charge in [-0.1, -0.05) is 0 Å². The van der Waals surface area contributed by atoms with Gasteiger partial charge in [0.1, 0.15) is 0 Å². The largest absolute Gasteiger partial charge is 2.00 e. The van der Waals surface area contributed by atoms with Crippen LogP contribution in [0.3, 0.4) is 0 Å². The second-order valence-corrected chi connectivity index (χ2v) is 20.6. The molecule has 1 aromatic rings. The summed E-state index contributed by atoms with van der Waals surface area (Å²) in [5.74, 6) is 0. The van der Waals surface area contributed by atoms with Gasteiger partial charge in [0.2, 0.25) is 0 Å². The van der Waals surface area contributed by atoms with Gasteiger partial charge in [-0.2, -0.15) is 24.3 Å². The van der Waals surface area contributed by atoms with Crippen molar-refractivity contribution >= 4 is 15.8 Å². The molecule has 1 aromatic carbocycles. The minimum Gasteiger partial charge on any atom is -0.457 e. The summed E-state index contributed by atoms with van der Waals surface area (Å²) in [5, 5.41) is 1.61. The molecule has 0 aromatic heterocycles. The van der Waals surface area contributed by atoms with E-state index in [-0.39, 0.29) is 25.9 Å². The van der Waals surface area contributed by atoms with Crippen LogP contribution < -0.4 is 0 Å². The fourth-order valence-electron chi connectivity index (χ4n) is 4.47. The van der Waals surface area contributed by atoms with Crippen molar-refractivity contribution in [3.8, 4) is 0 Å². The zero-order valence-corrected chi connectivity index (χ0v) is 24.1. The fraction of sp³-hybridized carbons (Fsp3) is 0.750. The Kier molecular flexibility index (Phi) is 12.0. The first-order chi connectivity index (χ1) is 11.4. The Balaban J connectivity index is 0. The third-order valence-corrected chi connectivity index (χ3v) is 14.0. The van der Waals surface area contributed by atoms with Crippen LogP contribution in [-0.4, -0.2) is 20.6 Å².